The van der Waals surface area contributed by atoms with E-state index in [0.717, 1.165) is 38.5 Å². The zero-order chi connectivity index (χ0) is 52.4. The van der Waals surface area contributed by atoms with E-state index < -0.39 is 86.8 Å². The summed E-state index contributed by atoms with van der Waals surface area (Å²) in [5, 5.41) is 87.1. The maximum atomic E-state index is 13.2. The fourth-order valence-corrected chi connectivity index (χ4v) is 10.1. The van der Waals surface area contributed by atoms with Crippen molar-refractivity contribution >= 4 is 5.91 Å². The number of hydrogen-bond donors (Lipinski definition) is 9. The second-order valence-corrected chi connectivity index (χ2v) is 21.5. The monoisotopic (exact) mass is 1030 g/mol. The lowest BCUT2D eigenvalue weighted by molar-refractivity contribution is -0.359. The molecular weight excluding hydrogens is 919 g/mol. The van der Waals surface area contributed by atoms with E-state index in [9.17, 15) is 45.6 Å². The average Bonchev–Trinajstić information content (AvgIpc) is 3.38. The number of hydrogen-bond acceptors (Lipinski definition) is 13. The van der Waals surface area contributed by atoms with Gasteiger partial charge >= 0.3 is 0 Å². The van der Waals surface area contributed by atoms with Gasteiger partial charge in [-0.3, -0.25) is 4.79 Å². The minimum absolute atomic E-state index is 0.235. The molecule has 72 heavy (non-hydrogen) atoms. The number of rotatable bonds is 48. The molecule has 0 saturated carbocycles. The summed E-state index contributed by atoms with van der Waals surface area (Å²) in [7, 11) is 0. The largest absolute Gasteiger partial charge is 0.394 e. The third-order valence-electron chi connectivity index (χ3n) is 15.0. The molecule has 0 bridgehead atoms. The van der Waals surface area contributed by atoms with E-state index in [2.05, 4.69) is 19.2 Å². The van der Waals surface area contributed by atoms with Gasteiger partial charge in [-0.2, -0.15) is 0 Å². The van der Waals surface area contributed by atoms with Gasteiger partial charge in [0.25, 0.3) is 0 Å². The molecule has 0 aliphatic carbocycles. The van der Waals surface area contributed by atoms with E-state index in [1.165, 1.54) is 193 Å². The molecule has 9 N–H and O–H groups in total. The van der Waals surface area contributed by atoms with Crippen molar-refractivity contribution in [3.63, 3.8) is 0 Å². The number of aliphatic hydroxyl groups is 8. The molecule has 2 saturated heterocycles. The van der Waals surface area contributed by atoms with E-state index in [1.807, 2.05) is 6.08 Å². The fourth-order valence-electron chi connectivity index (χ4n) is 10.1. The average molecular weight is 1030 g/mol. The van der Waals surface area contributed by atoms with Crippen molar-refractivity contribution < 1.29 is 64.6 Å². The molecule has 2 heterocycles. The van der Waals surface area contributed by atoms with E-state index in [0.29, 0.717) is 6.42 Å². The van der Waals surface area contributed by atoms with Gasteiger partial charge in [0, 0.05) is 6.42 Å². The number of aliphatic hydroxyl groups excluding tert-OH is 8. The van der Waals surface area contributed by atoms with Gasteiger partial charge in [-0.15, -0.1) is 0 Å². The molecule has 12 atom stereocenters. The SMILES string of the molecule is CCCCCCCCCCCCCCCCCCCCCCC/C=C/C(O)C(COC1OC(CO)C(OC2OC(CO)C(O)C(O)C2O)C(O)C1O)NC(=O)CCCCCCCCCCCCCCCCC. The van der Waals surface area contributed by atoms with Crippen molar-refractivity contribution in [2.45, 2.75) is 331 Å². The summed E-state index contributed by atoms with van der Waals surface area (Å²) in [5.74, 6) is -0.235. The number of unbranched alkanes of at least 4 members (excludes halogenated alkanes) is 35. The lowest BCUT2D eigenvalue weighted by atomic mass is 9.97. The molecule has 12 unspecified atom stereocenters. The molecule has 1 amide bonds. The summed E-state index contributed by atoms with van der Waals surface area (Å²) in [4.78, 5) is 13.2. The Kier molecular flexibility index (Phi) is 41.6. The molecule has 14 heteroatoms. The van der Waals surface area contributed by atoms with Crippen LogP contribution >= 0.6 is 0 Å². The van der Waals surface area contributed by atoms with E-state index in [1.54, 1.807) is 6.08 Å². The molecule has 2 aliphatic rings. The summed E-state index contributed by atoms with van der Waals surface area (Å²) >= 11 is 0. The molecule has 2 rings (SSSR count). The van der Waals surface area contributed by atoms with Crippen molar-refractivity contribution in [1.29, 1.82) is 0 Å². The van der Waals surface area contributed by atoms with E-state index in [4.69, 9.17) is 18.9 Å². The molecule has 2 aliphatic heterocycles. The van der Waals surface area contributed by atoms with Gasteiger partial charge < -0.3 is 65.1 Å². The molecule has 2 fully saturated rings. The molecule has 0 aromatic heterocycles. The lowest BCUT2D eigenvalue weighted by Crippen LogP contribution is -2.65. The maximum Gasteiger partial charge on any atom is 0.220 e. The molecule has 0 aromatic carbocycles. The summed E-state index contributed by atoms with van der Waals surface area (Å²) in [6.45, 7) is 2.83. The number of ether oxygens (including phenoxy) is 4. The van der Waals surface area contributed by atoms with Crippen LogP contribution in [-0.4, -0.2) is 140 Å². The number of carbonyl (C=O) groups is 1. The van der Waals surface area contributed by atoms with Gasteiger partial charge in [0.05, 0.1) is 32.0 Å². The predicted octanol–water partition coefficient (Wildman–Crippen LogP) is 9.89. The van der Waals surface area contributed by atoms with Crippen LogP contribution in [0.1, 0.15) is 258 Å². The Morgan fingerprint density at radius 2 is 0.861 bits per heavy atom. The molecular formula is C58H111NO13. The van der Waals surface area contributed by atoms with E-state index in [-0.39, 0.29) is 18.9 Å². The van der Waals surface area contributed by atoms with E-state index >= 15 is 0 Å². The van der Waals surface area contributed by atoms with Crippen molar-refractivity contribution in [1.82, 2.24) is 5.32 Å². The Hall–Kier alpha value is -1.27. The summed E-state index contributed by atoms with van der Waals surface area (Å²) in [5.41, 5.74) is 0. The zero-order valence-electron chi connectivity index (χ0n) is 45.7. The number of amides is 1. The van der Waals surface area contributed by atoms with Crippen LogP contribution in [0, 0.1) is 0 Å². The van der Waals surface area contributed by atoms with Crippen LogP contribution in [0.4, 0.5) is 0 Å². The van der Waals surface area contributed by atoms with Gasteiger partial charge in [0.2, 0.25) is 5.91 Å². The first kappa shape index (κ1) is 66.8. The first-order chi connectivity index (χ1) is 35.1. The topological polar surface area (TPSA) is 228 Å². The van der Waals surface area contributed by atoms with Gasteiger partial charge in [-0.05, 0) is 19.3 Å². The molecule has 0 radical (unpaired) electrons. The first-order valence-corrected chi connectivity index (χ1v) is 29.9. The quantitative estimate of drug-likeness (QED) is 0.0205. The van der Waals surface area contributed by atoms with Gasteiger partial charge in [-0.25, -0.2) is 0 Å². The lowest BCUT2D eigenvalue weighted by Gasteiger charge is -2.46. The first-order valence-electron chi connectivity index (χ1n) is 29.9. The van der Waals surface area contributed by atoms with Gasteiger partial charge in [0.15, 0.2) is 12.6 Å². The van der Waals surface area contributed by atoms with Crippen LogP contribution in [0.5, 0.6) is 0 Å². The summed E-state index contributed by atoms with van der Waals surface area (Å²) in [6.07, 6.45) is 33.9. The second-order valence-electron chi connectivity index (χ2n) is 21.5. The number of carbonyl (C=O) groups excluding carboxylic acids is 1. The standard InChI is InChI=1S/C58H111NO13/c1-3-5-7-9-11-13-15-17-19-20-21-22-23-24-25-26-28-29-31-33-35-37-39-41-47(62)46(59-50(63)42-40-38-36-34-32-30-27-18-16-14-12-10-8-6-4-2)45-69-57-55(68)53(66)56(49(44-61)71-57)72-58-54(67)52(65)51(64)48(43-60)70-58/h39,41,46-49,51-58,60-62,64-68H,3-38,40,42-45H2,1-2H3,(H,59,63)/b41-39+. The third kappa shape index (κ3) is 30.5. The third-order valence-corrected chi connectivity index (χ3v) is 15.0. The molecule has 426 valence electrons. The fraction of sp³-hybridized carbons (Fsp3) is 0.948. The Balaban J connectivity index is 1.76. The molecule has 0 spiro atoms. The predicted molar refractivity (Wildman–Crippen MR) is 286 cm³/mol. The van der Waals surface area contributed by atoms with Crippen LogP contribution in [-0.2, 0) is 23.7 Å². The summed E-state index contributed by atoms with van der Waals surface area (Å²) in [6, 6.07) is -0.909. The highest BCUT2D eigenvalue weighted by Gasteiger charge is 2.51. The van der Waals surface area contributed by atoms with Crippen molar-refractivity contribution in [3.8, 4) is 0 Å². The van der Waals surface area contributed by atoms with Gasteiger partial charge in [-0.1, -0.05) is 244 Å². The highest BCUT2D eigenvalue weighted by atomic mass is 16.7. The minimum Gasteiger partial charge on any atom is -0.394 e. The molecule has 14 nitrogen and oxygen atoms in total. The Labute approximate surface area is 437 Å². The number of allylic oxidation sites excluding steroid dienone is 1. The highest BCUT2D eigenvalue weighted by Crippen LogP contribution is 2.30. The van der Waals surface area contributed by atoms with Crippen LogP contribution in [0.15, 0.2) is 12.2 Å². The minimum atomic E-state index is -1.79. The van der Waals surface area contributed by atoms with Crippen LogP contribution < -0.4 is 5.32 Å². The van der Waals surface area contributed by atoms with Gasteiger partial charge in [0.1, 0.15) is 48.8 Å². The Morgan fingerprint density at radius 1 is 0.486 bits per heavy atom. The van der Waals surface area contributed by atoms with Crippen molar-refractivity contribution in [3.05, 3.63) is 12.2 Å². The highest BCUT2D eigenvalue weighted by molar-refractivity contribution is 5.76. The normalized spacial score (nSPS) is 25.6. The maximum absolute atomic E-state index is 13.2. The Morgan fingerprint density at radius 3 is 1.28 bits per heavy atom. The van der Waals surface area contributed by atoms with Crippen molar-refractivity contribution in [2.24, 2.45) is 0 Å². The second kappa shape index (κ2) is 44.8. The number of nitrogens with one attached hydrogen (secondary N) is 1. The summed E-state index contributed by atoms with van der Waals surface area (Å²) < 4.78 is 22.8. The zero-order valence-corrected chi connectivity index (χ0v) is 45.7. The Bertz CT molecular complexity index is 1260. The molecule has 0 aromatic rings. The van der Waals surface area contributed by atoms with Crippen molar-refractivity contribution in [2.75, 3.05) is 19.8 Å². The van der Waals surface area contributed by atoms with Crippen LogP contribution in [0.25, 0.3) is 0 Å². The smallest absolute Gasteiger partial charge is 0.220 e. The van der Waals surface area contributed by atoms with Crippen LogP contribution in [0.2, 0.25) is 0 Å². The van der Waals surface area contributed by atoms with Crippen LogP contribution in [0.3, 0.4) is 0 Å².